The first kappa shape index (κ1) is 14.6. The van der Waals surface area contributed by atoms with E-state index in [-0.39, 0.29) is 17.9 Å². The molecule has 114 valence electrons. The van der Waals surface area contributed by atoms with E-state index in [1.807, 2.05) is 54.6 Å². The number of carbonyl (C=O) groups is 1. The zero-order valence-corrected chi connectivity index (χ0v) is 12.5. The molecule has 4 nitrogen and oxygen atoms in total. The van der Waals surface area contributed by atoms with Crippen molar-refractivity contribution < 1.29 is 4.79 Å². The normalized spacial score (nSPS) is 20.6. The zero-order chi connectivity index (χ0) is 15.4. The van der Waals surface area contributed by atoms with Crippen molar-refractivity contribution in [2.45, 2.75) is 25.3 Å². The summed E-state index contributed by atoms with van der Waals surface area (Å²) in [5.41, 5.74) is 8.72. The molecule has 22 heavy (non-hydrogen) atoms. The fourth-order valence-corrected chi connectivity index (χ4v) is 2.82. The number of nitrogens with two attached hydrogens (primary N) is 1. The molecule has 0 saturated heterocycles. The van der Waals surface area contributed by atoms with Crippen LogP contribution >= 0.6 is 0 Å². The highest BCUT2D eigenvalue weighted by molar-refractivity contribution is 5.93. The van der Waals surface area contributed by atoms with E-state index in [4.69, 9.17) is 5.73 Å². The first-order chi connectivity index (χ1) is 10.7. The van der Waals surface area contributed by atoms with Crippen molar-refractivity contribution in [2.75, 3.05) is 10.6 Å². The predicted molar refractivity (Wildman–Crippen MR) is 90.1 cm³/mol. The molecule has 2 aromatic carbocycles. The van der Waals surface area contributed by atoms with E-state index in [0.717, 1.165) is 36.3 Å². The second kappa shape index (κ2) is 6.62. The largest absolute Gasteiger partial charge is 0.356 e. The van der Waals surface area contributed by atoms with Crippen molar-refractivity contribution in [3.63, 3.8) is 0 Å². The lowest BCUT2D eigenvalue weighted by Gasteiger charge is -2.12. The highest BCUT2D eigenvalue weighted by atomic mass is 16.1. The Labute approximate surface area is 130 Å². The molecule has 2 unspecified atom stereocenters. The number of nitrogens with one attached hydrogen (secondary N) is 2. The second-order valence-corrected chi connectivity index (χ2v) is 5.83. The predicted octanol–water partition coefficient (Wildman–Crippen LogP) is 3.50. The van der Waals surface area contributed by atoms with Crippen LogP contribution in [0.25, 0.3) is 0 Å². The molecule has 4 N–H and O–H groups in total. The summed E-state index contributed by atoms with van der Waals surface area (Å²) in [6, 6.07) is 17.9. The van der Waals surface area contributed by atoms with Crippen LogP contribution in [0.3, 0.4) is 0 Å². The van der Waals surface area contributed by atoms with Crippen molar-refractivity contribution in [1.29, 1.82) is 0 Å². The summed E-state index contributed by atoms with van der Waals surface area (Å²) < 4.78 is 0. The molecule has 2 atom stereocenters. The number of hydrogen-bond acceptors (Lipinski definition) is 3. The molecule has 0 heterocycles. The molecule has 0 radical (unpaired) electrons. The van der Waals surface area contributed by atoms with Gasteiger partial charge in [-0.15, -0.1) is 0 Å². The summed E-state index contributed by atoms with van der Waals surface area (Å²) in [7, 11) is 0. The molecule has 4 heteroatoms. The van der Waals surface area contributed by atoms with E-state index in [1.54, 1.807) is 0 Å². The number of rotatable bonds is 4. The number of anilines is 3. The van der Waals surface area contributed by atoms with Gasteiger partial charge in [-0.05, 0) is 55.7 Å². The summed E-state index contributed by atoms with van der Waals surface area (Å²) in [6.45, 7) is 0. The molecule has 0 aliphatic heterocycles. The minimum absolute atomic E-state index is 0.0529. The summed E-state index contributed by atoms with van der Waals surface area (Å²) in [5, 5.41) is 6.29. The molecule has 1 aliphatic rings. The molecule has 3 rings (SSSR count). The molecule has 1 fully saturated rings. The number of para-hydroxylation sites is 1. The third-order valence-corrected chi connectivity index (χ3v) is 4.06. The summed E-state index contributed by atoms with van der Waals surface area (Å²) in [4.78, 5) is 12.2. The van der Waals surface area contributed by atoms with Gasteiger partial charge >= 0.3 is 0 Å². The van der Waals surface area contributed by atoms with Crippen LogP contribution in [-0.2, 0) is 4.79 Å². The van der Waals surface area contributed by atoms with Crippen molar-refractivity contribution in [1.82, 2.24) is 0 Å². The lowest BCUT2D eigenvalue weighted by Crippen LogP contribution is -2.23. The van der Waals surface area contributed by atoms with Crippen LogP contribution in [0.2, 0.25) is 0 Å². The Balaban J connectivity index is 1.58. The molecule has 0 aromatic heterocycles. The monoisotopic (exact) mass is 295 g/mol. The Morgan fingerprint density at radius 3 is 2.18 bits per heavy atom. The van der Waals surface area contributed by atoms with Crippen molar-refractivity contribution in [2.24, 2.45) is 11.7 Å². The van der Waals surface area contributed by atoms with E-state index in [9.17, 15) is 4.79 Å². The van der Waals surface area contributed by atoms with Gasteiger partial charge in [0, 0.05) is 29.0 Å². The van der Waals surface area contributed by atoms with Gasteiger partial charge in [-0.3, -0.25) is 4.79 Å². The molecule has 2 aromatic rings. The standard InChI is InChI=1S/C18H21N3O/c19-14-7-6-13(12-14)18(22)21-17-10-8-16(9-11-17)20-15-4-2-1-3-5-15/h1-5,8-11,13-14,20H,6-7,12,19H2,(H,21,22). The van der Waals surface area contributed by atoms with E-state index in [0.29, 0.717) is 0 Å². The second-order valence-electron chi connectivity index (χ2n) is 5.83. The molecule has 1 amide bonds. The molecule has 1 aliphatic carbocycles. The van der Waals surface area contributed by atoms with E-state index < -0.39 is 0 Å². The van der Waals surface area contributed by atoms with Gasteiger partial charge in [0.2, 0.25) is 5.91 Å². The van der Waals surface area contributed by atoms with Gasteiger partial charge in [-0.1, -0.05) is 18.2 Å². The average molecular weight is 295 g/mol. The van der Waals surface area contributed by atoms with Crippen LogP contribution in [0, 0.1) is 5.92 Å². The van der Waals surface area contributed by atoms with Gasteiger partial charge in [-0.2, -0.15) is 0 Å². The first-order valence-electron chi connectivity index (χ1n) is 7.69. The lowest BCUT2D eigenvalue weighted by molar-refractivity contribution is -0.119. The number of carbonyl (C=O) groups excluding carboxylic acids is 1. The van der Waals surface area contributed by atoms with Gasteiger partial charge in [0.15, 0.2) is 0 Å². The lowest BCUT2D eigenvalue weighted by atomic mass is 10.1. The topological polar surface area (TPSA) is 67.2 Å². The van der Waals surface area contributed by atoms with E-state index in [1.165, 1.54) is 0 Å². The van der Waals surface area contributed by atoms with Crippen LogP contribution in [0.1, 0.15) is 19.3 Å². The van der Waals surface area contributed by atoms with E-state index >= 15 is 0 Å². The molecular formula is C18H21N3O. The minimum atomic E-state index is 0.0529. The maximum absolute atomic E-state index is 12.2. The van der Waals surface area contributed by atoms with Crippen molar-refractivity contribution >= 4 is 23.0 Å². The van der Waals surface area contributed by atoms with Gasteiger partial charge < -0.3 is 16.4 Å². The summed E-state index contributed by atoms with van der Waals surface area (Å²) >= 11 is 0. The van der Waals surface area contributed by atoms with Crippen molar-refractivity contribution in [3.05, 3.63) is 54.6 Å². The van der Waals surface area contributed by atoms with Crippen molar-refractivity contribution in [3.8, 4) is 0 Å². The Hall–Kier alpha value is -2.33. The van der Waals surface area contributed by atoms with Crippen LogP contribution < -0.4 is 16.4 Å². The number of benzene rings is 2. The third kappa shape index (κ3) is 3.65. The highest BCUT2D eigenvalue weighted by Gasteiger charge is 2.27. The van der Waals surface area contributed by atoms with Crippen LogP contribution in [-0.4, -0.2) is 11.9 Å². The van der Waals surface area contributed by atoms with Gasteiger partial charge in [-0.25, -0.2) is 0 Å². The first-order valence-corrected chi connectivity index (χ1v) is 7.69. The SMILES string of the molecule is NC1CCC(C(=O)Nc2ccc(Nc3ccccc3)cc2)C1. The van der Waals surface area contributed by atoms with E-state index in [2.05, 4.69) is 10.6 Å². The smallest absolute Gasteiger partial charge is 0.227 e. The molecule has 0 spiro atoms. The highest BCUT2D eigenvalue weighted by Crippen LogP contribution is 2.26. The quantitative estimate of drug-likeness (QED) is 0.808. The number of amides is 1. The van der Waals surface area contributed by atoms with Gasteiger partial charge in [0.05, 0.1) is 0 Å². The molecular weight excluding hydrogens is 274 g/mol. The molecule has 1 saturated carbocycles. The summed E-state index contributed by atoms with van der Waals surface area (Å²) in [6.07, 6.45) is 2.62. The van der Waals surface area contributed by atoms with Gasteiger partial charge in [0.25, 0.3) is 0 Å². The fraction of sp³-hybridized carbons (Fsp3) is 0.278. The Morgan fingerprint density at radius 1 is 0.909 bits per heavy atom. The third-order valence-electron chi connectivity index (χ3n) is 4.06. The average Bonchev–Trinajstić information content (AvgIpc) is 2.97. The Bertz CT molecular complexity index is 625. The van der Waals surface area contributed by atoms with Crippen LogP contribution in [0.15, 0.2) is 54.6 Å². The van der Waals surface area contributed by atoms with Crippen LogP contribution in [0.5, 0.6) is 0 Å². The maximum Gasteiger partial charge on any atom is 0.227 e. The van der Waals surface area contributed by atoms with Gasteiger partial charge in [0.1, 0.15) is 0 Å². The fourth-order valence-electron chi connectivity index (χ4n) is 2.82. The Morgan fingerprint density at radius 2 is 1.55 bits per heavy atom. The zero-order valence-electron chi connectivity index (χ0n) is 12.5. The maximum atomic E-state index is 12.2. The van der Waals surface area contributed by atoms with Crippen LogP contribution in [0.4, 0.5) is 17.1 Å². The minimum Gasteiger partial charge on any atom is -0.356 e. The molecule has 0 bridgehead atoms. The Kier molecular flexibility index (Phi) is 4.39. The number of hydrogen-bond donors (Lipinski definition) is 3. The summed E-state index contributed by atoms with van der Waals surface area (Å²) in [5.74, 6) is 0.133.